The summed E-state index contributed by atoms with van der Waals surface area (Å²) in [6.07, 6.45) is 9.47. The van der Waals surface area contributed by atoms with Gasteiger partial charge in [-0.15, -0.1) is 11.5 Å². The second-order valence-corrected chi connectivity index (χ2v) is 8.59. The van der Waals surface area contributed by atoms with Crippen molar-refractivity contribution in [2.24, 2.45) is 0 Å². The van der Waals surface area contributed by atoms with Crippen LogP contribution >= 0.6 is 0 Å². The second kappa shape index (κ2) is 11.9. The van der Waals surface area contributed by atoms with Gasteiger partial charge in [0.2, 0.25) is 0 Å². The van der Waals surface area contributed by atoms with Crippen LogP contribution in [-0.4, -0.2) is 29.2 Å². The van der Waals surface area contributed by atoms with Crippen LogP contribution in [0.2, 0.25) is 0 Å². The molecule has 1 aliphatic carbocycles. The molecule has 3 N–H and O–H groups in total. The molecule has 0 unspecified atom stereocenters. The monoisotopic (exact) mass is 494 g/mol. The number of hydrogen-bond donors (Lipinski definition) is 2. The van der Waals surface area contributed by atoms with Gasteiger partial charge in [-0.2, -0.15) is 0 Å². The summed E-state index contributed by atoms with van der Waals surface area (Å²) in [5, 5.41) is 9.71. The third-order valence-electron chi connectivity index (χ3n) is 6.36. The minimum absolute atomic E-state index is 0. The number of likely N-dealkylation sites (tertiary alicyclic amines) is 1. The fourth-order valence-corrected chi connectivity index (χ4v) is 4.34. The number of ether oxygens (including phenoxy) is 1. The molecule has 3 aromatic carbocycles. The topological polar surface area (TPSA) is 58.7 Å². The Morgan fingerprint density at radius 1 is 1.16 bits per heavy atom. The van der Waals surface area contributed by atoms with Crippen molar-refractivity contribution < 1.29 is 15.7 Å². The number of halogens is 1. The lowest BCUT2D eigenvalue weighted by Gasteiger charge is -2.49. The van der Waals surface area contributed by atoms with Crippen molar-refractivity contribution in [2.45, 2.75) is 12.0 Å². The number of benzene rings is 3. The van der Waals surface area contributed by atoms with E-state index >= 15 is 0 Å². The normalized spacial score (nSPS) is 16.9. The zero-order chi connectivity index (χ0) is 26.2. The van der Waals surface area contributed by atoms with E-state index in [-0.39, 0.29) is 25.8 Å². The van der Waals surface area contributed by atoms with Gasteiger partial charge in [-0.05, 0) is 71.8 Å². The molecule has 0 aromatic heterocycles. The predicted molar refractivity (Wildman–Crippen MR) is 151 cm³/mol. The first kappa shape index (κ1) is 25.6. The second-order valence-electron chi connectivity index (χ2n) is 8.59. The zero-order valence-electron chi connectivity index (χ0n) is 20.5. The summed E-state index contributed by atoms with van der Waals surface area (Å²) in [5.74, 6) is 1.21. The molecule has 188 valence electrons. The maximum Gasteiger partial charge on any atom is 0.127 e. The van der Waals surface area contributed by atoms with Gasteiger partial charge in [-0.25, -0.2) is 4.39 Å². The molecule has 5 rings (SSSR count). The van der Waals surface area contributed by atoms with E-state index < -0.39 is 0 Å². The van der Waals surface area contributed by atoms with Crippen LogP contribution < -0.4 is 10.5 Å². The first-order valence-corrected chi connectivity index (χ1v) is 11.9. The first-order chi connectivity index (χ1) is 18.0. The van der Waals surface area contributed by atoms with Crippen molar-refractivity contribution in [1.29, 1.82) is 0 Å². The number of rotatable bonds is 6. The van der Waals surface area contributed by atoms with E-state index in [2.05, 4.69) is 24.6 Å². The van der Waals surface area contributed by atoms with Crippen LogP contribution in [0.1, 0.15) is 24.0 Å². The Balaban J connectivity index is 0.000000258. The number of aliphatic hydroxyl groups excluding tert-OH is 1. The highest BCUT2D eigenvalue weighted by Crippen LogP contribution is 2.37. The minimum Gasteiger partial charge on any atom is -0.457 e. The summed E-state index contributed by atoms with van der Waals surface area (Å²) >= 11 is 0. The Morgan fingerprint density at radius 3 is 2.51 bits per heavy atom. The highest BCUT2D eigenvalue weighted by Gasteiger charge is 2.39. The predicted octanol–water partition coefficient (Wildman–Crippen LogP) is 6.94. The maximum absolute atomic E-state index is 12.9. The number of nitrogens with zero attached hydrogens (tertiary/aromatic N) is 1. The third-order valence-corrected chi connectivity index (χ3v) is 6.36. The molecule has 2 atom stereocenters. The van der Waals surface area contributed by atoms with Crippen LogP contribution in [0.15, 0.2) is 115 Å². The number of fused-ring (bicyclic) bond motifs is 1. The van der Waals surface area contributed by atoms with E-state index in [1.54, 1.807) is 18.2 Å². The van der Waals surface area contributed by atoms with Gasteiger partial charge in [-0.1, -0.05) is 49.6 Å². The molecule has 0 saturated carbocycles. The molecule has 1 fully saturated rings. The van der Waals surface area contributed by atoms with Crippen molar-refractivity contribution in [1.82, 2.24) is 4.90 Å². The van der Waals surface area contributed by atoms with Crippen molar-refractivity contribution >= 4 is 17.8 Å². The van der Waals surface area contributed by atoms with E-state index in [4.69, 9.17) is 10.5 Å². The summed E-state index contributed by atoms with van der Waals surface area (Å²) in [6.45, 7) is 8.26. The van der Waals surface area contributed by atoms with Crippen LogP contribution in [0.25, 0.3) is 12.2 Å². The highest BCUT2D eigenvalue weighted by molar-refractivity contribution is 5.76. The van der Waals surface area contributed by atoms with Gasteiger partial charge in [0.05, 0.1) is 18.3 Å². The highest BCUT2D eigenvalue weighted by atomic mass is 19.1. The Labute approximate surface area is 218 Å². The molecular formula is C32H31FN2O2. The molecule has 4 nitrogen and oxygen atoms in total. The summed E-state index contributed by atoms with van der Waals surface area (Å²) in [4.78, 5) is 2.05. The molecule has 5 heteroatoms. The van der Waals surface area contributed by atoms with E-state index in [9.17, 15) is 9.50 Å². The minimum atomic E-state index is -0.292. The number of anilines is 1. The van der Waals surface area contributed by atoms with Crippen LogP contribution in [0.4, 0.5) is 10.1 Å². The Hall–Kier alpha value is -4.53. The average molecular weight is 495 g/mol. The summed E-state index contributed by atoms with van der Waals surface area (Å²) in [7, 11) is 0. The van der Waals surface area contributed by atoms with Gasteiger partial charge in [0, 0.05) is 25.1 Å². The number of nitrogens with two attached hydrogens (primary N) is 1. The SMILES string of the molecule is C=C=C(C=C)N1C[C@H](c2ccc(Oc3ccc(F)cc3)cc2)[C@@H]1CO.Nc1cccc2c1C=C=CC=C2.[HH]. The lowest BCUT2D eigenvalue weighted by molar-refractivity contribution is 0.0509. The summed E-state index contributed by atoms with van der Waals surface area (Å²) in [5.41, 5.74) is 16.6. The number of allylic oxidation sites excluding steroid dienone is 3. The lowest BCUT2D eigenvalue weighted by Crippen LogP contribution is -2.55. The van der Waals surface area contributed by atoms with Crippen molar-refractivity contribution in [3.63, 3.8) is 0 Å². The number of nitrogen functional groups attached to an aromatic ring is 1. The third kappa shape index (κ3) is 6.00. The first-order valence-electron chi connectivity index (χ1n) is 11.9. The van der Waals surface area contributed by atoms with Crippen LogP contribution in [-0.2, 0) is 0 Å². The van der Waals surface area contributed by atoms with Crippen LogP contribution in [0.3, 0.4) is 0 Å². The van der Waals surface area contributed by atoms with Crippen LogP contribution in [0, 0.1) is 5.82 Å². The van der Waals surface area contributed by atoms with E-state index in [0.717, 1.165) is 34.6 Å². The molecule has 0 radical (unpaired) electrons. The quantitative estimate of drug-likeness (QED) is 0.221. The van der Waals surface area contributed by atoms with E-state index in [1.807, 2.05) is 71.7 Å². The molecule has 3 aromatic rings. The maximum atomic E-state index is 12.9. The molecule has 0 spiro atoms. The molecule has 37 heavy (non-hydrogen) atoms. The van der Waals surface area contributed by atoms with Gasteiger partial charge >= 0.3 is 0 Å². The van der Waals surface area contributed by atoms with E-state index in [0.29, 0.717) is 11.5 Å². The summed E-state index contributed by atoms with van der Waals surface area (Å²) in [6, 6.07) is 19.6. The molecule has 0 bridgehead atoms. The Bertz CT molecular complexity index is 1400. The number of aliphatic hydroxyl groups is 1. The van der Waals surface area contributed by atoms with Crippen molar-refractivity contribution in [2.75, 3.05) is 18.9 Å². The fourth-order valence-electron chi connectivity index (χ4n) is 4.34. The molecule has 2 aliphatic rings. The van der Waals surface area contributed by atoms with Crippen LogP contribution in [0.5, 0.6) is 11.5 Å². The fraction of sp³-hybridized carbons (Fsp3) is 0.125. The van der Waals surface area contributed by atoms with Gasteiger partial charge in [0.25, 0.3) is 0 Å². The Kier molecular flexibility index (Phi) is 8.25. The average Bonchev–Trinajstić information content (AvgIpc) is 3.16. The van der Waals surface area contributed by atoms with Gasteiger partial charge in [0.15, 0.2) is 0 Å². The molecule has 0 amide bonds. The van der Waals surface area contributed by atoms with Crippen molar-refractivity contribution in [3.05, 3.63) is 138 Å². The van der Waals surface area contributed by atoms with Crippen molar-refractivity contribution in [3.8, 4) is 11.5 Å². The Morgan fingerprint density at radius 2 is 1.86 bits per heavy atom. The smallest absolute Gasteiger partial charge is 0.127 e. The zero-order valence-corrected chi connectivity index (χ0v) is 20.5. The van der Waals surface area contributed by atoms with Gasteiger partial charge in [0.1, 0.15) is 17.3 Å². The largest absolute Gasteiger partial charge is 0.457 e. The van der Waals surface area contributed by atoms with E-state index in [1.165, 1.54) is 12.1 Å². The van der Waals surface area contributed by atoms with Gasteiger partial charge in [-0.3, -0.25) is 0 Å². The summed E-state index contributed by atoms with van der Waals surface area (Å²) < 4.78 is 18.6. The molecule has 1 saturated heterocycles. The number of hydrogen-bond acceptors (Lipinski definition) is 4. The lowest BCUT2D eigenvalue weighted by atomic mass is 9.82. The standard InChI is InChI=1S/C21H20FNO2.C11H9N.H2/c1-3-17(4-2)23-13-20(21(23)14-24)15-5-9-18(10-6-15)25-19-11-7-16(22)8-12-19;12-11-8-4-6-9-5-2-1-3-7-10(9)11;/h3,5-12,20-21,24H,1-2,13-14H2;1-2,4-8H,12H2;1H/t20-,21+;;/m1../s1. The van der Waals surface area contributed by atoms with Gasteiger partial charge < -0.3 is 20.5 Å². The molecule has 1 heterocycles. The molecule has 1 aliphatic heterocycles. The molecular weight excluding hydrogens is 463 g/mol.